The molecular weight excluding hydrogens is 210 g/mol. The van der Waals surface area contributed by atoms with Gasteiger partial charge in [-0.25, -0.2) is 0 Å². The van der Waals surface area contributed by atoms with E-state index >= 15 is 0 Å². The Balaban J connectivity index is 2.19. The van der Waals surface area contributed by atoms with Crippen molar-refractivity contribution in [3.8, 4) is 0 Å². The number of halogens is 1. The molecule has 82 valence electrons. The highest BCUT2D eigenvalue weighted by atomic mass is 35.5. The van der Waals surface area contributed by atoms with Crippen molar-refractivity contribution >= 4 is 11.6 Å². The number of likely N-dealkylation sites (N-methyl/N-ethyl adjacent to an activating group) is 1. The van der Waals surface area contributed by atoms with E-state index in [2.05, 4.69) is 24.1 Å². The molecule has 0 aliphatic carbocycles. The number of aliphatic hydroxyl groups excluding tert-OH is 1. The summed E-state index contributed by atoms with van der Waals surface area (Å²) in [6.07, 6.45) is 0. The number of aliphatic hydroxyl groups is 1. The van der Waals surface area contributed by atoms with Crippen LogP contribution in [-0.2, 0) is 0 Å². The Bertz CT molecular complexity index is 325. The second-order valence-electron chi connectivity index (χ2n) is 4.32. The topological polar surface area (TPSA) is 23.5 Å². The van der Waals surface area contributed by atoms with Crippen LogP contribution in [0.25, 0.3) is 0 Å². The Kier molecular flexibility index (Phi) is 3.29. The average molecular weight is 226 g/mol. The Morgan fingerprint density at radius 1 is 1.33 bits per heavy atom. The highest BCUT2D eigenvalue weighted by molar-refractivity contribution is 6.30. The summed E-state index contributed by atoms with van der Waals surface area (Å²) in [7, 11) is 2.10. The molecule has 1 N–H and O–H groups in total. The monoisotopic (exact) mass is 225 g/mol. The zero-order chi connectivity index (χ0) is 10.8. The average Bonchev–Trinajstić information content (AvgIpc) is 2.61. The maximum absolute atomic E-state index is 9.32. The smallest absolute Gasteiger partial charge is 0.0477 e. The van der Waals surface area contributed by atoms with Gasteiger partial charge in [-0.05, 0) is 24.7 Å². The molecule has 0 spiro atoms. The standard InChI is InChI=1S/C12H16ClNO/c1-14-6-10(8-15)12(7-14)9-2-4-11(13)5-3-9/h2-5,10,12,15H,6-8H2,1H3/t10-,12+/m1/s1. The third-order valence-corrected chi connectivity index (χ3v) is 3.41. The number of nitrogens with zero attached hydrogens (tertiary/aromatic N) is 1. The molecule has 2 rings (SSSR count). The summed E-state index contributed by atoms with van der Waals surface area (Å²) in [5.41, 5.74) is 1.28. The number of rotatable bonds is 2. The zero-order valence-corrected chi connectivity index (χ0v) is 9.61. The molecule has 0 amide bonds. The van der Waals surface area contributed by atoms with E-state index < -0.39 is 0 Å². The molecule has 1 fully saturated rings. The van der Waals surface area contributed by atoms with Crippen LogP contribution in [0.2, 0.25) is 5.02 Å². The van der Waals surface area contributed by atoms with Gasteiger partial charge in [-0.1, -0.05) is 23.7 Å². The summed E-state index contributed by atoms with van der Waals surface area (Å²) >= 11 is 5.86. The van der Waals surface area contributed by atoms with Crippen LogP contribution < -0.4 is 0 Å². The molecule has 1 aliphatic rings. The number of hydrogen-bond acceptors (Lipinski definition) is 2. The lowest BCUT2D eigenvalue weighted by atomic mass is 9.90. The van der Waals surface area contributed by atoms with Crippen LogP contribution in [0.15, 0.2) is 24.3 Å². The highest BCUT2D eigenvalue weighted by Crippen LogP contribution is 2.31. The molecule has 1 aromatic carbocycles. The quantitative estimate of drug-likeness (QED) is 0.832. The summed E-state index contributed by atoms with van der Waals surface area (Å²) < 4.78 is 0. The Morgan fingerprint density at radius 2 is 2.00 bits per heavy atom. The SMILES string of the molecule is CN1C[C@H](CO)[C@H](c2ccc(Cl)cc2)C1. The van der Waals surface area contributed by atoms with Gasteiger partial charge in [-0.15, -0.1) is 0 Å². The van der Waals surface area contributed by atoms with Gasteiger partial charge in [0.1, 0.15) is 0 Å². The predicted molar refractivity (Wildman–Crippen MR) is 62.3 cm³/mol. The van der Waals surface area contributed by atoms with Crippen molar-refractivity contribution in [3.05, 3.63) is 34.9 Å². The molecule has 15 heavy (non-hydrogen) atoms. The fourth-order valence-electron chi connectivity index (χ4n) is 2.36. The van der Waals surface area contributed by atoms with Gasteiger partial charge in [0, 0.05) is 36.6 Å². The minimum absolute atomic E-state index is 0.262. The van der Waals surface area contributed by atoms with Gasteiger partial charge < -0.3 is 10.0 Å². The molecule has 1 aliphatic heterocycles. The van der Waals surface area contributed by atoms with Crippen molar-refractivity contribution in [3.63, 3.8) is 0 Å². The van der Waals surface area contributed by atoms with Crippen LogP contribution in [0.5, 0.6) is 0 Å². The van der Waals surface area contributed by atoms with Crippen molar-refractivity contribution < 1.29 is 5.11 Å². The fourth-order valence-corrected chi connectivity index (χ4v) is 2.49. The predicted octanol–water partition coefficient (Wildman–Crippen LogP) is 1.98. The molecule has 1 heterocycles. The number of likely N-dealkylation sites (tertiary alicyclic amines) is 1. The number of hydrogen-bond donors (Lipinski definition) is 1. The van der Waals surface area contributed by atoms with Gasteiger partial charge in [-0.2, -0.15) is 0 Å². The first-order valence-corrected chi connectivity index (χ1v) is 5.63. The molecule has 1 saturated heterocycles. The van der Waals surface area contributed by atoms with Crippen LogP contribution in [0.3, 0.4) is 0 Å². The highest BCUT2D eigenvalue weighted by Gasteiger charge is 2.31. The molecular formula is C12H16ClNO. The van der Waals surface area contributed by atoms with Crippen LogP contribution in [0.4, 0.5) is 0 Å². The summed E-state index contributed by atoms with van der Waals surface area (Å²) in [4.78, 5) is 2.26. The van der Waals surface area contributed by atoms with Crippen LogP contribution in [0.1, 0.15) is 11.5 Å². The molecule has 3 heteroatoms. The lowest BCUT2D eigenvalue weighted by Gasteiger charge is -2.16. The third-order valence-electron chi connectivity index (χ3n) is 3.16. The van der Waals surface area contributed by atoms with E-state index in [1.807, 2.05) is 12.1 Å². The van der Waals surface area contributed by atoms with Gasteiger partial charge >= 0.3 is 0 Å². The van der Waals surface area contributed by atoms with E-state index in [0.717, 1.165) is 18.1 Å². The summed E-state index contributed by atoms with van der Waals surface area (Å²) in [5, 5.41) is 10.1. The normalized spacial score (nSPS) is 27.1. The second kappa shape index (κ2) is 4.52. The molecule has 1 aromatic rings. The third kappa shape index (κ3) is 2.33. The Morgan fingerprint density at radius 3 is 2.60 bits per heavy atom. The Hall–Kier alpha value is -0.570. The lowest BCUT2D eigenvalue weighted by Crippen LogP contribution is -2.15. The van der Waals surface area contributed by atoms with E-state index in [1.165, 1.54) is 5.56 Å². The molecule has 0 aromatic heterocycles. The maximum atomic E-state index is 9.32. The van der Waals surface area contributed by atoms with Crippen molar-refractivity contribution in [1.29, 1.82) is 0 Å². The van der Waals surface area contributed by atoms with Crippen LogP contribution in [0, 0.1) is 5.92 Å². The van der Waals surface area contributed by atoms with Crippen molar-refractivity contribution in [2.75, 3.05) is 26.7 Å². The fraction of sp³-hybridized carbons (Fsp3) is 0.500. The van der Waals surface area contributed by atoms with Gasteiger partial charge in [0.2, 0.25) is 0 Å². The molecule has 2 atom stereocenters. The largest absolute Gasteiger partial charge is 0.396 e. The minimum atomic E-state index is 0.262. The summed E-state index contributed by atoms with van der Waals surface area (Å²) in [6, 6.07) is 7.97. The van der Waals surface area contributed by atoms with Gasteiger partial charge in [0.25, 0.3) is 0 Å². The zero-order valence-electron chi connectivity index (χ0n) is 8.86. The van der Waals surface area contributed by atoms with E-state index in [4.69, 9.17) is 11.6 Å². The van der Waals surface area contributed by atoms with Gasteiger partial charge in [0.05, 0.1) is 0 Å². The molecule has 2 nitrogen and oxygen atoms in total. The van der Waals surface area contributed by atoms with Crippen LogP contribution in [-0.4, -0.2) is 36.8 Å². The molecule has 0 radical (unpaired) electrons. The number of benzene rings is 1. The van der Waals surface area contributed by atoms with Crippen LogP contribution >= 0.6 is 11.6 Å². The van der Waals surface area contributed by atoms with E-state index in [9.17, 15) is 5.11 Å². The molecule has 0 saturated carbocycles. The summed E-state index contributed by atoms with van der Waals surface area (Å²) in [6.45, 7) is 2.26. The van der Waals surface area contributed by atoms with Gasteiger partial charge in [0.15, 0.2) is 0 Å². The van der Waals surface area contributed by atoms with Crippen molar-refractivity contribution in [2.45, 2.75) is 5.92 Å². The van der Waals surface area contributed by atoms with E-state index in [0.29, 0.717) is 11.8 Å². The first-order chi connectivity index (χ1) is 7.20. The van der Waals surface area contributed by atoms with E-state index in [-0.39, 0.29) is 6.61 Å². The Labute approximate surface area is 95.5 Å². The molecule has 0 unspecified atom stereocenters. The van der Waals surface area contributed by atoms with Crippen molar-refractivity contribution in [1.82, 2.24) is 4.90 Å². The first kappa shape index (κ1) is 10.9. The maximum Gasteiger partial charge on any atom is 0.0477 e. The van der Waals surface area contributed by atoms with E-state index in [1.54, 1.807) is 0 Å². The van der Waals surface area contributed by atoms with Gasteiger partial charge in [-0.3, -0.25) is 0 Å². The van der Waals surface area contributed by atoms with Crippen molar-refractivity contribution in [2.24, 2.45) is 5.92 Å². The molecule has 0 bridgehead atoms. The second-order valence-corrected chi connectivity index (χ2v) is 4.76. The lowest BCUT2D eigenvalue weighted by molar-refractivity contribution is 0.219. The minimum Gasteiger partial charge on any atom is -0.396 e. The summed E-state index contributed by atoms with van der Waals surface area (Å²) in [5.74, 6) is 0.799. The first-order valence-electron chi connectivity index (χ1n) is 5.25.